The summed E-state index contributed by atoms with van der Waals surface area (Å²) >= 11 is 1.57. The Bertz CT molecular complexity index is 929. The van der Waals surface area contributed by atoms with Crippen LogP contribution in [-0.2, 0) is 0 Å². The zero-order valence-corrected chi connectivity index (χ0v) is 16.2. The zero-order valence-electron chi connectivity index (χ0n) is 15.4. The van der Waals surface area contributed by atoms with Gasteiger partial charge in [-0.15, -0.1) is 0 Å². The molecule has 1 fully saturated rings. The standard InChI is InChI=1S/C22H23FN2OS/c1-2-19(22(26)16-7-9-17(23)10-8-16)25-13-11-15(12-14-25)21-18-5-3-4-6-20(18)27-24-21/h3-10,15,19H,2,11-14H2,1H3. The fourth-order valence-electron chi connectivity index (χ4n) is 4.10. The van der Waals surface area contributed by atoms with E-state index in [2.05, 4.69) is 29.2 Å². The number of hydrogen-bond donors (Lipinski definition) is 0. The Balaban J connectivity index is 1.46. The summed E-state index contributed by atoms with van der Waals surface area (Å²) in [5.74, 6) is 0.238. The molecule has 0 bridgehead atoms. The van der Waals surface area contributed by atoms with E-state index in [0.29, 0.717) is 11.5 Å². The molecule has 2 heterocycles. The Labute approximate surface area is 163 Å². The van der Waals surface area contributed by atoms with E-state index in [1.165, 1.54) is 27.9 Å². The smallest absolute Gasteiger partial charge is 0.179 e. The second-order valence-corrected chi connectivity index (χ2v) is 7.97. The molecule has 1 atom stereocenters. The maximum atomic E-state index is 13.1. The van der Waals surface area contributed by atoms with Gasteiger partial charge in [0.15, 0.2) is 5.78 Å². The van der Waals surface area contributed by atoms with Crippen molar-refractivity contribution in [2.24, 2.45) is 0 Å². The lowest BCUT2D eigenvalue weighted by Gasteiger charge is -2.36. The van der Waals surface area contributed by atoms with Crippen LogP contribution in [0.4, 0.5) is 4.39 Å². The van der Waals surface area contributed by atoms with Crippen LogP contribution in [0.25, 0.3) is 10.1 Å². The highest BCUT2D eigenvalue weighted by Gasteiger charge is 2.31. The molecule has 0 aliphatic carbocycles. The number of aromatic nitrogens is 1. The van der Waals surface area contributed by atoms with Crippen LogP contribution >= 0.6 is 11.5 Å². The number of Topliss-reactive ketones (excluding diaryl/α,β-unsaturated/α-hetero) is 1. The van der Waals surface area contributed by atoms with Crippen molar-refractivity contribution in [3.63, 3.8) is 0 Å². The van der Waals surface area contributed by atoms with Crippen molar-refractivity contribution in [1.29, 1.82) is 0 Å². The summed E-state index contributed by atoms with van der Waals surface area (Å²) in [7, 11) is 0. The maximum absolute atomic E-state index is 13.1. The molecule has 0 amide bonds. The van der Waals surface area contributed by atoms with Crippen molar-refractivity contribution in [1.82, 2.24) is 9.27 Å². The highest BCUT2D eigenvalue weighted by molar-refractivity contribution is 7.13. The molecule has 1 aliphatic rings. The van der Waals surface area contributed by atoms with E-state index < -0.39 is 0 Å². The second kappa shape index (κ2) is 7.87. The van der Waals surface area contributed by atoms with Crippen molar-refractivity contribution in [2.75, 3.05) is 13.1 Å². The molecule has 140 valence electrons. The van der Waals surface area contributed by atoms with Gasteiger partial charge < -0.3 is 0 Å². The molecule has 3 aromatic rings. The molecule has 2 aromatic carbocycles. The van der Waals surface area contributed by atoms with Crippen LogP contribution in [-0.4, -0.2) is 34.2 Å². The highest BCUT2D eigenvalue weighted by Crippen LogP contribution is 2.35. The van der Waals surface area contributed by atoms with Crippen molar-refractivity contribution < 1.29 is 9.18 Å². The first-order valence-corrected chi connectivity index (χ1v) is 10.3. The summed E-state index contributed by atoms with van der Waals surface area (Å²) in [4.78, 5) is 15.2. The zero-order chi connectivity index (χ0) is 18.8. The largest absolute Gasteiger partial charge is 0.293 e. The number of piperidine rings is 1. The lowest BCUT2D eigenvalue weighted by Crippen LogP contribution is -2.45. The first-order chi connectivity index (χ1) is 13.2. The van der Waals surface area contributed by atoms with Crippen LogP contribution in [0.1, 0.15) is 48.2 Å². The molecule has 0 saturated carbocycles. The molecule has 4 rings (SSSR count). The molecular weight excluding hydrogens is 359 g/mol. The minimum atomic E-state index is -0.309. The van der Waals surface area contributed by atoms with Gasteiger partial charge in [0.05, 0.1) is 16.4 Å². The summed E-state index contributed by atoms with van der Waals surface area (Å²) in [6.07, 6.45) is 2.79. The fraction of sp³-hybridized carbons (Fsp3) is 0.364. The Morgan fingerprint density at radius 1 is 1.19 bits per heavy atom. The summed E-state index contributed by atoms with van der Waals surface area (Å²) in [6, 6.07) is 14.2. The molecule has 27 heavy (non-hydrogen) atoms. The average molecular weight is 383 g/mol. The lowest BCUT2D eigenvalue weighted by atomic mass is 9.89. The van der Waals surface area contributed by atoms with Crippen LogP contribution in [0.3, 0.4) is 0 Å². The number of halogens is 1. The van der Waals surface area contributed by atoms with E-state index in [9.17, 15) is 9.18 Å². The normalized spacial score (nSPS) is 17.3. The van der Waals surface area contributed by atoms with Crippen molar-refractivity contribution in [2.45, 2.75) is 38.1 Å². The summed E-state index contributed by atoms with van der Waals surface area (Å²) in [6.45, 7) is 3.83. The molecule has 1 aromatic heterocycles. The molecule has 0 spiro atoms. The summed E-state index contributed by atoms with van der Waals surface area (Å²) in [5, 5.41) is 1.27. The third-order valence-corrected chi connectivity index (χ3v) is 6.42. The number of hydrogen-bond acceptors (Lipinski definition) is 4. The topological polar surface area (TPSA) is 33.2 Å². The van der Waals surface area contributed by atoms with Crippen LogP contribution < -0.4 is 0 Å². The van der Waals surface area contributed by atoms with Crippen LogP contribution in [0.2, 0.25) is 0 Å². The van der Waals surface area contributed by atoms with Crippen LogP contribution in [0.5, 0.6) is 0 Å². The predicted octanol–water partition coefficient (Wildman–Crippen LogP) is 5.28. The van der Waals surface area contributed by atoms with Gasteiger partial charge in [-0.1, -0.05) is 25.1 Å². The van der Waals surface area contributed by atoms with E-state index in [1.54, 1.807) is 23.7 Å². The molecular formula is C22H23FN2OS. The quantitative estimate of drug-likeness (QED) is 0.563. The Morgan fingerprint density at radius 2 is 1.89 bits per heavy atom. The SMILES string of the molecule is CCC(C(=O)c1ccc(F)cc1)N1CCC(c2nsc3ccccc23)CC1. The molecule has 1 saturated heterocycles. The first kappa shape index (κ1) is 18.3. The van der Waals surface area contributed by atoms with Crippen LogP contribution in [0.15, 0.2) is 48.5 Å². The van der Waals surface area contributed by atoms with E-state index in [4.69, 9.17) is 4.37 Å². The molecule has 3 nitrogen and oxygen atoms in total. The van der Waals surface area contributed by atoms with Crippen molar-refractivity contribution in [3.05, 3.63) is 65.6 Å². The Morgan fingerprint density at radius 3 is 2.59 bits per heavy atom. The number of nitrogens with zero attached hydrogens (tertiary/aromatic N) is 2. The Kier molecular flexibility index (Phi) is 5.32. The van der Waals surface area contributed by atoms with E-state index in [1.807, 2.05) is 6.92 Å². The molecule has 0 N–H and O–H groups in total. The maximum Gasteiger partial charge on any atom is 0.179 e. The number of rotatable bonds is 5. The van der Waals surface area contributed by atoms with Crippen molar-refractivity contribution >= 4 is 27.4 Å². The van der Waals surface area contributed by atoms with Gasteiger partial charge in [-0.3, -0.25) is 9.69 Å². The third-order valence-electron chi connectivity index (χ3n) is 5.58. The number of carbonyl (C=O) groups excluding carboxylic acids is 1. The average Bonchev–Trinajstić information content (AvgIpc) is 3.14. The number of fused-ring (bicyclic) bond motifs is 1. The van der Waals surface area contributed by atoms with Gasteiger partial charge in [0.25, 0.3) is 0 Å². The minimum absolute atomic E-state index is 0.0926. The number of ketones is 1. The second-order valence-electron chi connectivity index (χ2n) is 7.17. The van der Waals surface area contributed by atoms with Gasteiger partial charge in [0.2, 0.25) is 0 Å². The lowest BCUT2D eigenvalue weighted by molar-refractivity contribution is 0.0762. The van der Waals surface area contributed by atoms with E-state index in [-0.39, 0.29) is 17.6 Å². The predicted molar refractivity (Wildman–Crippen MR) is 108 cm³/mol. The number of likely N-dealkylation sites (tertiary alicyclic amines) is 1. The fourth-order valence-corrected chi connectivity index (χ4v) is 4.95. The van der Waals surface area contributed by atoms with Crippen LogP contribution in [0, 0.1) is 5.82 Å². The monoisotopic (exact) mass is 382 g/mol. The number of carbonyl (C=O) groups is 1. The summed E-state index contributed by atoms with van der Waals surface area (Å²) < 4.78 is 19.1. The first-order valence-electron chi connectivity index (χ1n) is 9.55. The minimum Gasteiger partial charge on any atom is -0.293 e. The van der Waals surface area contributed by atoms with Gasteiger partial charge in [-0.2, -0.15) is 4.37 Å². The van der Waals surface area contributed by atoms with E-state index >= 15 is 0 Å². The van der Waals surface area contributed by atoms with Gasteiger partial charge >= 0.3 is 0 Å². The Hall–Kier alpha value is -2.11. The molecule has 1 unspecified atom stereocenters. The van der Waals surface area contributed by atoms with Crippen molar-refractivity contribution in [3.8, 4) is 0 Å². The van der Waals surface area contributed by atoms with Gasteiger partial charge in [-0.25, -0.2) is 4.39 Å². The highest BCUT2D eigenvalue weighted by atomic mass is 32.1. The third kappa shape index (κ3) is 3.66. The number of benzene rings is 2. The van der Waals surface area contributed by atoms with Gasteiger partial charge in [0.1, 0.15) is 5.82 Å². The summed E-state index contributed by atoms with van der Waals surface area (Å²) in [5.41, 5.74) is 1.81. The van der Waals surface area contributed by atoms with E-state index in [0.717, 1.165) is 32.4 Å². The molecule has 5 heteroatoms. The molecule has 0 radical (unpaired) electrons. The molecule has 1 aliphatic heterocycles. The van der Waals surface area contributed by atoms with Gasteiger partial charge in [-0.05, 0) is 74.2 Å². The van der Waals surface area contributed by atoms with Gasteiger partial charge in [0, 0.05) is 16.9 Å².